The smallest absolute Gasteiger partial charge is 0.275 e. The van der Waals surface area contributed by atoms with Gasteiger partial charge < -0.3 is 9.47 Å². The van der Waals surface area contributed by atoms with Crippen LogP contribution < -0.4 is 5.56 Å². The SMILES string of the molecule is Cc1cc(=O)n2nc(-c3ccc(Cl)cc3)nc2n1CC(=O)N1CCCC1. The Bertz CT molecular complexity index is 1030. The molecule has 1 aromatic carbocycles. The largest absolute Gasteiger partial charge is 0.341 e. The zero-order valence-corrected chi connectivity index (χ0v) is 15.1. The Hall–Kier alpha value is -2.67. The minimum Gasteiger partial charge on any atom is -0.341 e. The Kier molecular flexibility index (Phi) is 4.24. The molecule has 0 bridgehead atoms. The monoisotopic (exact) mass is 371 g/mol. The molecule has 0 spiro atoms. The van der Waals surface area contributed by atoms with Gasteiger partial charge >= 0.3 is 0 Å². The Labute approximate surface area is 154 Å². The van der Waals surface area contributed by atoms with Gasteiger partial charge in [0.05, 0.1) is 0 Å². The number of aromatic nitrogens is 4. The van der Waals surface area contributed by atoms with Crippen LogP contribution in [-0.4, -0.2) is 43.1 Å². The maximum Gasteiger partial charge on any atom is 0.275 e. The minimum atomic E-state index is -0.268. The van der Waals surface area contributed by atoms with Gasteiger partial charge in [0.25, 0.3) is 5.56 Å². The van der Waals surface area contributed by atoms with Gasteiger partial charge in [-0.3, -0.25) is 9.59 Å². The lowest BCUT2D eigenvalue weighted by molar-refractivity contribution is -0.130. The molecule has 3 aromatic rings. The summed E-state index contributed by atoms with van der Waals surface area (Å²) in [7, 11) is 0. The third-order valence-corrected chi connectivity index (χ3v) is 4.90. The molecule has 1 saturated heterocycles. The summed E-state index contributed by atoms with van der Waals surface area (Å²) in [5, 5.41) is 4.94. The van der Waals surface area contributed by atoms with Gasteiger partial charge in [-0.25, -0.2) is 0 Å². The predicted octanol–water partition coefficient (Wildman–Crippen LogP) is 2.14. The van der Waals surface area contributed by atoms with Crippen molar-refractivity contribution >= 4 is 23.3 Å². The highest BCUT2D eigenvalue weighted by Crippen LogP contribution is 2.19. The summed E-state index contributed by atoms with van der Waals surface area (Å²) in [5.41, 5.74) is 1.17. The van der Waals surface area contributed by atoms with Gasteiger partial charge in [-0.1, -0.05) is 11.6 Å². The maximum absolute atomic E-state index is 12.6. The number of aryl methyl sites for hydroxylation is 1. The van der Waals surface area contributed by atoms with E-state index < -0.39 is 0 Å². The number of hydrogen-bond acceptors (Lipinski definition) is 4. The van der Waals surface area contributed by atoms with Crippen LogP contribution in [0, 0.1) is 6.92 Å². The van der Waals surface area contributed by atoms with Gasteiger partial charge in [-0.2, -0.15) is 9.50 Å². The normalized spacial score (nSPS) is 14.3. The number of hydrogen-bond donors (Lipinski definition) is 0. The quantitative estimate of drug-likeness (QED) is 0.707. The van der Waals surface area contributed by atoms with Crippen molar-refractivity contribution in [1.29, 1.82) is 0 Å². The van der Waals surface area contributed by atoms with E-state index in [2.05, 4.69) is 10.1 Å². The van der Waals surface area contributed by atoms with E-state index in [1.165, 1.54) is 10.6 Å². The molecule has 0 atom stereocenters. The third-order valence-electron chi connectivity index (χ3n) is 4.65. The Balaban J connectivity index is 1.78. The molecule has 134 valence electrons. The molecule has 1 aliphatic rings. The van der Waals surface area contributed by atoms with Crippen molar-refractivity contribution in [3.8, 4) is 11.4 Å². The van der Waals surface area contributed by atoms with Crippen LogP contribution in [-0.2, 0) is 11.3 Å². The van der Waals surface area contributed by atoms with Crippen molar-refractivity contribution in [1.82, 2.24) is 24.1 Å². The second-order valence-electron chi connectivity index (χ2n) is 6.45. The van der Waals surface area contributed by atoms with Gasteiger partial charge in [-0.05, 0) is 44.0 Å². The second-order valence-corrected chi connectivity index (χ2v) is 6.89. The average molecular weight is 372 g/mol. The number of likely N-dealkylation sites (tertiary alicyclic amines) is 1. The molecule has 1 fully saturated rings. The molecule has 7 nitrogen and oxygen atoms in total. The molecule has 26 heavy (non-hydrogen) atoms. The van der Waals surface area contributed by atoms with E-state index in [9.17, 15) is 9.59 Å². The maximum atomic E-state index is 12.6. The Morgan fingerprint density at radius 2 is 1.88 bits per heavy atom. The fraction of sp³-hybridized carbons (Fsp3) is 0.333. The first-order valence-electron chi connectivity index (χ1n) is 8.54. The molecular formula is C18H18ClN5O2. The van der Waals surface area contributed by atoms with Crippen LogP contribution >= 0.6 is 11.6 Å². The number of halogens is 1. The number of nitrogens with zero attached hydrogens (tertiary/aromatic N) is 5. The number of fused-ring (bicyclic) bond motifs is 1. The molecule has 3 heterocycles. The number of benzene rings is 1. The van der Waals surface area contributed by atoms with Crippen LogP contribution in [0.3, 0.4) is 0 Å². The fourth-order valence-corrected chi connectivity index (χ4v) is 3.35. The topological polar surface area (TPSA) is 72.5 Å². The molecule has 8 heteroatoms. The molecule has 2 aromatic heterocycles. The number of carbonyl (C=O) groups is 1. The van der Waals surface area contributed by atoms with Crippen molar-refractivity contribution in [3.05, 3.63) is 51.4 Å². The van der Waals surface area contributed by atoms with E-state index in [4.69, 9.17) is 11.6 Å². The summed E-state index contributed by atoms with van der Waals surface area (Å²) in [6.07, 6.45) is 2.08. The summed E-state index contributed by atoms with van der Waals surface area (Å²) in [6, 6.07) is 8.57. The van der Waals surface area contributed by atoms with Crippen molar-refractivity contribution in [2.45, 2.75) is 26.3 Å². The Morgan fingerprint density at radius 1 is 1.19 bits per heavy atom. The summed E-state index contributed by atoms with van der Waals surface area (Å²) >= 11 is 5.93. The number of amides is 1. The first-order chi connectivity index (χ1) is 12.5. The molecule has 0 N–H and O–H groups in total. The summed E-state index contributed by atoms with van der Waals surface area (Å²) < 4.78 is 2.99. The van der Waals surface area contributed by atoms with Crippen LogP contribution in [0.25, 0.3) is 17.2 Å². The standard InChI is InChI=1S/C18H18ClN5O2/c1-12-10-15(25)24-18(23(12)11-16(26)22-8-2-3-9-22)20-17(21-24)13-4-6-14(19)7-5-13/h4-7,10H,2-3,8-9,11H2,1H3. The van der Waals surface area contributed by atoms with Crippen LogP contribution in [0.4, 0.5) is 0 Å². The summed E-state index contributed by atoms with van der Waals surface area (Å²) in [4.78, 5) is 31.3. The molecule has 1 amide bonds. The zero-order valence-electron chi connectivity index (χ0n) is 14.4. The van der Waals surface area contributed by atoms with Gasteiger partial charge in [-0.15, -0.1) is 5.10 Å². The van der Waals surface area contributed by atoms with Gasteiger partial charge in [0.15, 0.2) is 5.82 Å². The van der Waals surface area contributed by atoms with Crippen molar-refractivity contribution in [3.63, 3.8) is 0 Å². The van der Waals surface area contributed by atoms with E-state index in [1.54, 1.807) is 35.8 Å². The van der Waals surface area contributed by atoms with E-state index >= 15 is 0 Å². The molecule has 1 aliphatic heterocycles. The first kappa shape index (κ1) is 16.8. The third kappa shape index (κ3) is 2.99. The molecule has 0 aliphatic carbocycles. The van der Waals surface area contributed by atoms with E-state index in [0.717, 1.165) is 31.5 Å². The number of rotatable bonds is 3. The zero-order chi connectivity index (χ0) is 18.3. The highest BCUT2D eigenvalue weighted by molar-refractivity contribution is 6.30. The van der Waals surface area contributed by atoms with Crippen LogP contribution in [0.15, 0.2) is 35.1 Å². The number of carbonyl (C=O) groups excluding carboxylic acids is 1. The van der Waals surface area contributed by atoms with Crippen molar-refractivity contribution < 1.29 is 4.79 Å². The fourth-order valence-electron chi connectivity index (χ4n) is 3.22. The predicted molar refractivity (Wildman–Crippen MR) is 98.2 cm³/mol. The highest BCUT2D eigenvalue weighted by atomic mass is 35.5. The van der Waals surface area contributed by atoms with Crippen LogP contribution in [0.5, 0.6) is 0 Å². The molecule has 4 rings (SSSR count). The Morgan fingerprint density at radius 3 is 2.58 bits per heavy atom. The lowest BCUT2D eigenvalue weighted by Gasteiger charge is -2.17. The van der Waals surface area contributed by atoms with Gasteiger partial charge in [0.1, 0.15) is 6.54 Å². The van der Waals surface area contributed by atoms with E-state index in [-0.39, 0.29) is 18.0 Å². The lowest BCUT2D eigenvalue weighted by Crippen LogP contribution is -2.33. The second kappa shape index (κ2) is 6.57. The minimum absolute atomic E-state index is 0.0344. The van der Waals surface area contributed by atoms with Crippen LogP contribution in [0.2, 0.25) is 5.02 Å². The van der Waals surface area contributed by atoms with E-state index in [0.29, 0.717) is 22.3 Å². The molecule has 0 radical (unpaired) electrons. The van der Waals surface area contributed by atoms with E-state index in [1.807, 2.05) is 4.90 Å². The first-order valence-corrected chi connectivity index (χ1v) is 8.92. The van der Waals surface area contributed by atoms with Crippen LogP contribution in [0.1, 0.15) is 18.5 Å². The van der Waals surface area contributed by atoms with Gasteiger partial charge in [0.2, 0.25) is 11.7 Å². The van der Waals surface area contributed by atoms with Gasteiger partial charge in [0, 0.05) is 35.4 Å². The molecule has 0 saturated carbocycles. The lowest BCUT2D eigenvalue weighted by atomic mass is 10.2. The van der Waals surface area contributed by atoms with Crippen molar-refractivity contribution in [2.75, 3.05) is 13.1 Å². The average Bonchev–Trinajstić information content (AvgIpc) is 3.29. The summed E-state index contributed by atoms with van der Waals surface area (Å²) in [6.45, 7) is 3.53. The summed E-state index contributed by atoms with van der Waals surface area (Å²) in [5.74, 6) is 0.825. The molecular weight excluding hydrogens is 354 g/mol. The van der Waals surface area contributed by atoms with Crippen molar-refractivity contribution in [2.24, 2.45) is 0 Å². The molecule has 0 unspecified atom stereocenters. The highest BCUT2D eigenvalue weighted by Gasteiger charge is 2.21.